The number of ether oxygens (including phenoxy) is 1. The first-order valence-electron chi connectivity index (χ1n) is 4.89. The van der Waals surface area contributed by atoms with Crippen LogP contribution in [0.1, 0.15) is 13.3 Å². The monoisotopic (exact) mass is 222 g/mol. The fourth-order valence-electron chi connectivity index (χ4n) is 1.49. The van der Waals surface area contributed by atoms with Gasteiger partial charge in [-0.3, -0.25) is 0 Å². The highest BCUT2D eigenvalue weighted by molar-refractivity contribution is 7.89. The zero-order valence-corrected chi connectivity index (χ0v) is 9.29. The second-order valence-corrected chi connectivity index (χ2v) is 5.59. The lowest BCUT2D eigenvalue weighted by atomic mass is 10.2. The number of nitrogens with zero attached hydrogens (tertiary/aromatic N) is 1. The van der Waals surface area contributed by atoms with Gasteiger partial charge in [-0.25, -0.2) is 8.42 Å². The maximum atomic E-state index is 11.5. The predicted octanol–water partition coefficient (Wildman–Crippen LogP) is -0.614. The summed E-state index contributed by atoms with van der Waals surface area (Å²) in [7, 11) is -3.06. The fourth-order valence-corrected chi connectivity index (χ4v) is 2.60. The average Bonchev–Trinajstić information content (AvgIpc) is 2.19. The van der Waals surface area contributed by atoms with E-state index in [0.29, 0.717) is 26.2 Å². The Morgan fingerprint density at radius 2 is 2.29 bits per heavy atom. The predicted molar refractivity (Wildman–Crippen MR) is 54.4 cm³/mol. The molecule has 1 saturated heterocycles. The van der Waals surface area contributed by atoms with Crippen molar-refractivity contribution in [1.29, 1.82) is 0 Å². The van der Waals surface area contributed by atoms with Crippen molar-refractivity contribution in [3.63, 3.8) is 0 Å². The summed E-state index contributed by atoms with van der Waals surface area (Å²) in [5.41, 5.74) is 5.40. The minimum atomic E-state index is -3.06. The van der Waals surface area contributed by atoms with Gasteiger partial charge in [0.15, 0.2) is 0 Å². The lowest BCUT2D eigenvalue weighted by molar-refractivity contribution is -0.00400. The van der Waals surface area contributed by atoms with Crippen LogP contribution in [0.15, 0.2) is 0 Å². The smallest absolute Gasteiger partial charge is 0.213 e. The molecule has 0 amide bonds. The van der Waals surface area contributed by atoms with Gasteiger partial charge in [0.25, 0.3) is 0 Å². The Hall–Kier alpha value is -0.170. The molecule has 0 radical (unpaired) electrons. The Morgan fingerprint density at radius 3 is 2.86 bits per heavy atom. The van der Waals surface area contributed by atoms with Crippen molar-refractivity contribution in [3.05, 3.63) is 0 Å². The van der Waals surface area contributed by atoms with Crippen LogP contribution >= 0.6 is 0 Å². The molecule has 1 atom stereocenters. The van der Waals surface area contributed by atoms with E-state index >= 15 is 0 Å². The molecule has 1 unspecified atom stereocenters. The molecule has 1 aliphatic rings. The first kappa shape index (κ1) is 11.9. The molecular weight excluding hydrogens is 204 g/mol. The molecular formula is C8H18N2O3S. The van der Waals surface area contributed by atoms with Crippen molar-refractivity contribution in [3.8, 4) is 0 Å². The van der Waals surface area contributed by atoms with Gasteiger partial charge in [0.05, 0.1) is 18.5 Å². The SMILES string of the molecule is CCS(=O)(=O)N1CCOC(CCN)C1. The minimum Gasteiger partial charge on any atom is -0.375 e. The highest BCUT2D eigenvalue weighted by atomic mass is 32.2. The first-order chi connectivity index (χ1) is 6.60. The quantitative estimate of drug-likeness (QED) is 0.688. The summed E-state index contributed by atoms with van der Waals surface area (Å²) in [6, 6.07) is 0. The van der Waals surface area contributed by atoms with E-state index in [0.717, 1.165) is 6.42 Å². The van der Waals surface area contributed by atoms with Crippen LogP contribution in [-0.4, -0.2) is 50.8 Å². The highest BCUT2D eigenvalue weighted by Gasteiger charge is 2.27. The van der Waals surface area contributed by atoms with Crippen molar-refractivity contribution < 1.29 is 13.2 Å². The molecule has 0 aliphatic carbocycles. The van der Waals surface area contributed by atoms with E-state index in [1.165, 1.54) is 4.31 Å². The molecule has 84 valence electrons. The van der Waals surface area contributed by atoms with Gasteiger partial charge in [-0.2, -0.15) is 4.31 Å². The summed E-state index contributed by atoms with van der Waals surface area (Å²) in [6.07, 6.45) is 0.686. The molecule has 0 aromatic rings. The van der Waals surface area contributed by atoms with Gasteiger partial charge in [0, 0.05) is 13.1 Å². The maximum Gasteiger partial charge on any atom is 0.213 e. The summed E-state index contributed by atoms with van der Waals surface area (Å²) in [5.74, 6) is 0.155. The summed E-state index contributed by atoms with van der Waals surface area (Å²) in [5, 5.41) is 0. The molecule has 0 bridgehead atoms. The van der Waals surface area contributed by atoms with Gasteiger partial charge < -0.3 is 10.5 Å². The lowest BCUT2D eigenvalue weighted by Crippen LogP contribution is -2.46. The third-order valence-corrected chi connectivity index (χ3v) is 4.20. The molecule has 1 fully saturated rings. The van der Waals surface area contributed by atoms with E-state index in [1.807, 2.05) is 0 Å². The van der Waals surface area contributed by atoms with Crippen LogP contribution in [0.3, 0.4) is 0 Å². The topological polar surface area (TPSA) is 72.6 Å². The molecule has 1 heterocycles. The molecule has 0 spiro atoms. The molecule has 2 N–H and O–H groups in total. The van der Waals surface area contributed by atoms with E-state index in [-0.39, 0.29) is 11.9 Å². The first-order valence-corrected chi connectivity index (χ1v) is 6.50. The van der Waals surface area contributed by atoms with Crippen LogP contribution in [-0.2, 0) is 14.8 Å². The summed E-state index contributed by atoms with van der Waals surface area (Å²) < 4.78 is 30.0. The van der Waals surface area contributed by atoms with E-state index in [2.05, 4.69) is 0 Å². The van der Waals surface area contributed by atoms with E-state index in [4.69, 9.17) is 10.5 Å². The third kappa shape index (κ3) is 2.91. The molecule has 1 aliphatic heterocycles. The number of rotatable bonds is 4. The highest BCUT2D eigenvalue weighted by Crippen LogP contribution is 2.12. The molecule has 6 heteroatoms. The molecule has 0 aromatic heterocycles. The molecule has 14 heavy (non-hydrogen) atoms. The van der Waals surface area contributed by atoms with Crippen molar-refractivity contribution in [2.45, 2.75) is 19.4 Å². The van der Waals surface area contributed by atoms with Gasteiger partial charge >= 0.3 is 0 Å². The van der Waals surface area contributed by atoms with Crippen LogP contribution in [0.2, 0.25) is 0 Å². The van der Waals surface area contributed by atoms with Crippen molar-refractivity contribution >= 4 is 10.0 Å². The fraction of sp³-hybridized carbons (Fsp3) is 1.00. The number of morpholine rings is 1. The summed E-state index contributed by atoms with van der Waals surface area (Å²) >= 11 is 0. The van der Waals surface area contributed by atoms with Gasteiger partial charge in [0.1, 0.15) is 0 Å². The molecule has 5 nitrogen and oxygen atoms in total. The third-order valence-electron chi connectivity index (χ3n) is 2.35. The van der Waals surface area contributed by atoms with Gasteiger partial charge in [-0.05, 0) is 19.9 Å². The molecule has 0 saturated carbocycles. The number of hydrogen-bond acceptors (Lipinski definition) is 4. The van der Waals surface area contributed by atoms with E-state index < -0.39 is 10.0 Å². The Labute approximate surface area is 85.3 Å². The Bertz CT molecular complexity index is 264. The average molecular weight is 222 g/mol. The van der Waals surface area contributed by atoms with Crippen molar-refractivity contribution in [1.82, 2.24) is 4.31 Å². The zero-order valence-electron chi connectivity index (χ0n) is 8.48. The normalized spacial score (nSPS) is 25.1. The van der Waals surface area contributed by atoms with Gasteiger partial charge in [-0.1, -0.05) is 0 Å². The van der Waals surface area contributed by atoms with Gasteiger partial charge in [0.2, 0.25) is 10.0 Å². The van der Waals surface area contributed by atoms with Crippen LogP contribution in [0.25, 0.3) is 0 Å². The number of sulfonamides is 1. The second-order valence-electron chi connectivity index (χ2n) is 3.33. The maximum absolute atomic E-state index is 11.5. The zero-order chi connectivity index (χ0) is 10.6. The summed E-state index contributed by atoms with van der Waals surface area (Å²) in [4.78, 5) is 0. The minimum absolute atomic E-state index is 0.0323. The Morgan fingerprint density at radius 1 is 1.57 bits per heavy atom. The van der Waals surface area contributed by atoms with E-state index in [9.17, 15) is 8.42 Å². The number of nitrogens with two attached hydrogens (primary N) is 1. The number of hydrogen-bond donors (Lipinski definition) is 1. The molecule has 0 aromatic carbocycles. The van der Waals surface area contributed by atoms with Crippen LogP contribution in [0, 0.1) is 0 Å². The lowest BCUT2D eigenvalue weighted by Gasteiger charge is -2.31. The van der Waals surface area contributed by atoms with Gasteiger partial charge in [-0.15, -0.1) is 0 Å². The van der Waals surface area contributed by atoms with Crippen LogP contribution in [0.5, 0.6) is 0 Å². The molecule has 1 rings (SSSR count). The van der Waals surface area contributed by atoms with Crippen molar-refractivity contribution in [2.75, 3.05) is 32.0 Å². The summed E-state index contributed by atoms with van der Waals surface area (Å²) in [6.45, 7) is 3.59. The largest absolute Gasteiger partial charge is 0.375 e. The van der Waals surface area contributed by atoms with E-state index in [1.54, 1.807) is 6.92 Å². The van der Waals surface area contributed by atoms with Crippen molar-refractivity contribution in [2.24, 2.45) is 5.73 Å². The van der Waals surface area contributed by atoms with Crippen LogP contribution in [0.4, 0.5) is 0 Å². The van der Waals surface area contributed by atoms with Crippen LogP contribution < -0.4 is 5.73 Å². The Balaban J connectivity index is 2.56. The second kappa shape index (κ2) is 5.06. The Kier molecular flexibility index (Phi) is 4.31. The standard InChI is InChI=1S/C8H18N2O3S/c1-2-14(11,12)10-5-6-13-8(7-10)3-4-9/h8H,2-7,9H2,1H3.